The zero-order valence-corrected chi connectivity index (χ0v) is 9.94. The van der Waals surface area contributed by atoms with Crippen LogP contribution in [-0.2, 0) is 7.05 Å². The first-order valence-corrected chi connectivity index (χ1v) is 5.38. The van der Waals surface area contributed by atoms with E-state index < -0.39 is 6.10 Å². The van der Waals surface area contributed by atoms with Gasteiger partial charge in [-0.1, -0.05) is 17.7 Å². The SMILES string of the molecule is Cc1ccc(Cl)cc1C(O)c1nccn1C. The summed E-state index contributed by atoms with van der Waals surface area (Å²) in [6.07, 6.45) is 2.73. The van der Waals surface area contributed by atoms with E-state index in [9.17, 15) is 5.11 Å². The molecule has 0 aliphatic carbocycles. The van der Waals surface area contributed by atoms with Crippen molar-refractivity contribution in [3.63, 3.8) is 0 Å². The van der Waals surface area contributed by atoms with Crippen LogP contribution in [0.4, 0.5) is 0 Å². The van der Waals surface area contributed by atoms with Crippen molar-refractivity contribution >= 4 is 11.6 Å². The van der Waals surface area contributed by atoms with Crippen molar-refractivity contribution in [2.24, 2.45) is 7.05 Å². The molecule has 1 heterocycles. The van der Waals surface area contributed by atoms with Crippen LogP contribution < -0.4 is 0 Å². The molecule has 3 nitrogen and oxygen atoms in total. The number of aliphatic hydroxyl groups excluding tert-OH is 1. The molecule has 84 valence electrons. The Morgan fingerprint density at radius 1 is 1.44 bits per heavy atom. The molecule has 0 spiro atoms. The number of rotatable bonds is 2. The van der Waals surface area contributed by atoms with Crippen molar-refractivity contribution in [2.45, 2.75) is 13.0 Å². The van der Waals surface area contributed by atoms with Gasteiger partial charge in [0.15, 0.2) is 0 Å². The maximum Gasteiger partial charge on any atom is 0.142 e. The Labute approximate surface area is 99.3 Å². The Morgan fingerprint density at radius 3 is 2.81 bits per heavy atom. The molecule has 16 heavy (non-hydrogen) atoms. The Hall–Kier alpha value is -1.32. The highest BCUT2D eigenvalue weighted by atomic mass is 35.5. The van der Waals surface area contributed by atoms with E-state index in [1.165, 1.54) is 0 Å². The van der Waals surface area contributed by atoms with Crippen LogP contribution in [0.2, 0.25) is 5.02 Å². The predicted octanol–water partition coefficient (Wildman–Crippen LogP) is 2.46. The smallest absolute Gasteiger partial charge is 0.142 e. The van der Waals surface area contributed by atoms with E-state index in [-0.39, 0.29) is 0 Å². The van der Waals surface area contributed by atoms with Gasteiger partial charge in [-0.15, -0.1) is 0 Å². The van der Waals surface area contributed by atoms with Gasteiger partial charge in [0, 0.05) is 24.5 Å². The van der Waals surface area contributed by atoms with Crippen LogP contribution in [0, 0.1) is 6.92 Å². The average Bonchev–Trinajstić information content (AvgIpc) is 2.67. The van der Waals surface area contributed by atoms with Crippen LogP contribution in [0.5, 0.6) is 0 Å². The summed E-state index contributed by atoms with van der Waals surface area (Å²) in [5.41, 5.74) is 1.79. The van der Waals surface area contributed by atoms with E-state index in [0.29, 0.717) is 10.8 Å². The topological polar surface area (TPSA) is 38.1 Å². The summed E-state index contributed by atoms with van der Waals surface area (Å²) >= 11 is 5.92. The first-order valence-electron chi connectivity index (χ1n) is 5.01. The molecule has 0 bridgehead atoms. The number of aliphatic hydroxyl groups is 1. The van der Waals surface area contributed by atoms with Crippen molar-refractivity contribution in [1.29, 1.82) is 0 Å². The summed E-state index contributed by atoms with van der Waals surface area (Å²) in [6.45, 7) is 1.94. The van der Waals surface area contributed by atoms with Gasteiger partial charge in [0.2, 0.25) is 0 Å². The van der Waals surface area contributed by atoms with Gasteiger partial charge in [0.05, 0.1) is 0 Å². The second-order valence-corrected chi connectivity index (χ2v) is 4.24. The van der Waals surface area contributed by atoms with Gasteiger partial charge in [0.1, 0.15) is 11.9 Å². The Balaban J connectivity index is 2.45. The highest BCUT2D eigenvalue weighted by Gasteiger charge is 2.16. The monoisotopic (exact) mass is 236 g/mol. The van der Waals surface area contributed by atoms with Gasteiger partial charge in [-0.2, -0.15) is 0 Å². The zero-order chi connectivity index (χ0) is 11.7. The van der Waals surface area contributed by atoms with E-state index in [0.717, 1.165) is 11.1 Å². The van der Waals surface area contributed by atoms with Gasteiger partial charge >= 0.3 is 0 Å². The summed E-state index contributed by atoms with van der Waals surface area (Å²) in [6, 6.07) is 5.48. The molecule has 0 aliphatic heterocycles. The fraction of sp³-hybridized carbons (Fsp3) is 0.250. The van der Waals surface area contributed by atoms with Crippen molar-refractivity contribution in [3.8, 4) is 0 Å². The molecule has 1 aromatic carbocycles. The molecule has 1 aromatic heterocycles. The second-order valence-electron chi connectivity index (χ2n) is 3.80. The number of aromatic nitrogens is 2. The maximum absolute atomic E-state index is 10.2. The first-order chi connectivity index (χ1) is 7.59. The molecule has 4 heteroatoms. The lowest BCUT2D eigenvalue weighted by Crippen LogP contribution is -2.08. The molecular weight excluding hydrogens is 224 g/mol. The second kappa shape index (κ2) is 4.28. The van der Waals surface area contributed by atoms with Crippen LogP contribution in [-0.4, -0.2) is 14.7 Å². The van der Waals surface area contributed by atoms with Crippen molar-refractivity contribution < 1.29 is 5.11 Å². The molecule has 1 atom stereocenters. The predicted molar refractivity (Wildman–Crippen MR) is 63.5 cm³/mol. The summed E-state index contributed by atoms with van der Waals surface area (Å²) in [4.78, 5) is 4.13. The average molecular weight is 237 g/mol. The Morgan fingerprint density at radius 2 is 2.19 bits per heavy atom. The highest BCUT2D eigenvalue weighted by Crippen LogP contribution is 2.25. The minimum atomic E-state index is -0.737. The largest absolute Gasteiger partial charge is 0.380 e. The number of nitrogens with zero attached hydrogens (tertiary/aromatic N) is 2. The van der Waals surface area contributed by atoms with Gasteiger partial charge in [-0.25, -0.2) is 4.98 Å². The number of aryl methyl sites for hydroxylation is 2. The molecule has 0 saturated heterocycles. The van der Waals surface area contributed by atoms with Gasteiger partial charge in [0.25, 0.3) is 0 Å². The van der Waals surface area contributed by atoms with Crippen molar-refractivity contribution in [1.82, 2.24) is 9.55 Å². The molecule has 0 fully saturated rings. The van der Waals surface area contributed by atoms with Crippen LogP contribution in [0.15, 0.2) is 30.6 Å². The molecule has 1 N–H and O–H groups in total. The number of hydrogen-bond donors (Lipinski definition) is 1. The molecule has 0 amide bonds. The van der Waals surface area contributed by atoms with E-state index >= 15 is 0 Å². The summed E-state index contributed by atoms with van der Waals surface area (Å²) in [7, 11) is 1.85. The quantitative estimate of drug-likeness (QED) is 0.870. The molecule has 0 radical (unpaired) electrons. The molecular formula is C12H13ClN2O. The normalized spacial score (nSPS) is 12.8. The minimum absolute atomic E-state index is 0.616. The highest BCUT2D eigenvalue weighted by molar-refractivity contribution is 6.30. The summed E-state index contributed by atoms with van der Waals surface area (Å²) in [5, 5.41) is 10.8. The van der Waals surface area contributed by atoms with Gasteiger partial charge < -0.3 is 9.67 Å². The Bertz CT molecular complexity index is 507. The Kier molecular flexibility index (Phi) is 2.99. The van der Waals surface area contributed by atoms with Crippen molar-refractivity contribution in [3.05, 3.63) is 52.6 Å². The van der Waals surface area contributed by atoms with E-state index in [4.69, 9.17) is 11.6 Å². The number of benzene rings is 1. The van der Waals surface area contributed by atoms with Gasteiger partial charge in [-0.05, 0) is 30.2 Å². The van der Waals surface area contributed by atoms with Crippen molar-refractivity contribution in [2.75, 3.05) is 0 Å². The fourth-order valence-corrected chi connectivity index (χ4v) is 1.87. The standard InChI is InChI=1S/C12H13ClN2O/c1-8-3-4-9(13)7-10(8)11(16)12-14-5-6-15(12)2/h3-7,11,16H,1-2H3. The lowest BCUT2D eigenvalue weighted by Gasteiger charge is -2.13. The molecule has 2 rings (SSSR count). The molecule has 0 saturated carbocycles. The van der Waals surface area contributed by atoms with Crippen LogP contribution in [0.1, 0.15) is 23.1 Å². The van der Waals surface area contributed by atoms with Crippen LogP contribution in [0.25, 0.3) is 0 Å². The lowest BCUT2D eigenvalue weighted by atomic mass is 10.0. The maximum atomic E-state index is 10.2. The third-order valence-electron chi connectivity index (χ3n) is 2.64. The molecule has 0 aliphatic rings. The van der Waals surface area contributed by atoms with E-state index in [1.54, 1.807) is 23.0 Å². The summed E-state index contributed by atoms with van der Waals surface area (Å²) in [5.74, 6) is 0.616. The van der Waals surface area contributed by atoms with Crippen LogP contribution >= 0.6 is 11.6 Å². The lowest BCUT2D eigenvalue weighted by molar-refractivity contribution is 0.205. The molecule has 1 unspecified atom stereocenters. The molecule has 2 aromatic rings. The third kappa shape index (κ3) is 1.96. The minimum Gasteiger partial charge on any atom is -0.380 e. The van der Waals surface area contributed by atoms with E-state index in [1.807, 2.05) is 26.1 Å². The number of halogens is 1. The van der Waals surface area contributed by atoms with Crippen LogP contribution in [0.3, 0.4) is 0 Å². The zero-order valence-electron chi connectivity index (χ0n) is 9.18. The first kappa shape index (κ1) is 11.2. The number of imidazole rings is 1. The summed E-state index contributed by atoms with van der Waals surface area (Å²) < 4.78 is 1.80. The fourth-order valence-electron chi connectivity index (χ4n) is 1.69. The number of hydrogen-bond acceptors (Lipinski definition) is 2. The third-order valence-corrected chi connectivity index (χ3v) is 2.87. The van der Waals surface area contributed by atoms with E-state index in [2.05, 4.69) is 4.98 Å². The van der Waals surface area contributed by atoms with Gasteiger partial charge in [-0.3, -0.25) is 0 Å².